The van der Waals surface area contributed by atoms with E-state index in [1.165, 1.54) is 34.4 Å². The average Bonchev–Trinajstić information content (AvgIpc) is 3.09. The molecule has 0 spiro atoms. The van der Waals surface area contributed by atoms with Crippen molar-refractivity contribution < 1.29 is 0 Å². The second-order valence-electron chi connectivity index (χ2n) is 4.96. The van der Waals surface area contributed by atoms with Crippen LogP contribution in [0.15, 0.2) is 35.2 Å². The zero-order valence-electron chi connectivity index (χ0n) is 10.8. The molecule has 92 valence electrons. The molecule has 0 bridgehead atoms. The molecule has 0 unspecified atom stereocenters. The van der Waals surface area contributed by atoms with Gasteiger partial charge in [0, 0.05) is 23.2 Å². The molecule has 0 aliphatic heterocycles. The van der Waals surface area contributed by atoms with Gasteiger partial charge in [-0.1, -0.05) is 29.8 Å². The number of nitrogens with one attached hydrogen (secondary N) is 1. The Morgan fingerprint density at radius 3 is 2.82 bits per heavy atom. The van der Waals surface area contributed by atoms with Gasteiger partial charge in [-0.25, -0.2) is 0 Å². The van der Waals surface area contributed by atoms with Gasteiger partial charge in [0.25, 0.3) is 0 Å². The molecule has 0 aromatic heterocycles. The lowest BCUT2D eigenvalue weighted by atomic mass is 10.2. The number of hydrogen-bond donors (Lipinski definition) is 1. The van der Waals surface area contributed by atoms with Gasteiger partial charge in [0.05, 0.1) is 0 Å². The van der Waals surface area contributed by atoms with Crippen molar-refractivity contribution in [1.82, 2.24) is 5.32 Å². The van der Waals surface area contributed by atoms with Gasteiger partial charge in [-0.05, 0) is 38.3 Å². The topological polar surface area (TPSA) is 12.0 Å². The van der Waals surface area contributed by atoms with E-state index in [1.807, 2.05) is 11.8 Å². The quantitative estimate of drug-likeness (QED) is 0.607. The predicted octanol–water partition coefficient (Wildman–Crippen LogP) is 3.70. The maximum atomic E-state index is 4.13. The molecule has 0 heterocycles. The maximum absolute atomic E-state index is 4.13. The van der Waals surface area contributed by atoms with Crippen LogP contribution in [0.1, 0.15) is 24.0 Å². The summed E-state index contributed by atoms with van der Waals surface area (Å²) in [5.74, 6) is 1.02. The van der Waals surface area contributed by atoms with E-state index >= 15 is 0 Å². The lowest BCUT2D eigenvalue weighted by Crippen LogP contribution is -2.19. The molecule has 0 saturated heterocycles. The summed E-state index contributed by atoms with van der Waals surface area (Å²) in [7, 11) is 0. The Balaban J connectivity index is 1.77. The molecule has 1 fully saturated rings. The van der Waals surface area contributed by atoms with Crippen LogP contribution >= 0.6 is 11.8 Å². The molecule has 2 rings (SSSR count). The van der Waals surface area contributed by atoms with Crippen LogP contribution in [0.5, 0.6) is 0 Å². The van der Waals surface area contributed by atoms with Gasteiger partial charge in [0.1, 0.15) is 0 Å². The third kappa shape index (κ3) is 4.21. The third-order valence-electron chi connectivity index (χ3n) is 2.98. The van der Waals surface area contributed by atoms with Gasteiger partial charge < -0.3 is 5.32 Å². The molecular weight excluding hydrogens is 226 g/mol. The van der Waals surface area contributed by atoms with E-state index in [-0.39, 0.29) is 0 Å². The molecule has 1 aromatic carbocycles. The van der Waals surface area contributed by atoms with Crippen LogP contribution in [-0.4, -0.2) is 18.3 Å². The van der Waals surface area contributed by atoms with E-state index in [1.54, 1.807) is 0 Å². The fourth-order valence-electron chi connectivity index (χ4n) is 1.77. The van der Waals surface area contributed by atoms with E-state index in [9.17, 15) is 0 Å². The third-order valence-corrected chi connectivity index (χ3v) is 4.30. The van der Waals surface area contributed by atoms with Gasteiger partial charge in [-0.2, -0.15) is 0 Å². The van der Waals surface area contributed by atoms with Crippen molar-refractivity contribution in [2.24, 2.45) is 0 Å². The minimum Gasteiger partial charge on any atom is -0.310 e. The summed E-state index contributed by atoms with van der Waals surface area (Å²) in [6.07, 6.45) is 2.69. The molecule has 2 heteroatoms. The summed E-state index contributed by atoms with van der Waals surface area (Å²) in [6.45, 7) is 9.43. The molecule has 0 amide bonds. The highest BCUT2D eigenvalue weighted by Crippen LogP contribution is 2.25. The summed E-state index contributed by atoms with van der Waals surface area (Å²) < 4.78 is 0. The van der Waals surface area contributed by atoms with Crippen molar-refractivity contribution in [3.8, 4) is 0 Å². The molecule has 1 saturated carbocycles. The monoisotopic (exact) mass is 247 g/mol. The molecule has 1 aliphatic carbocycles. The summed E-state index contributed by atoms with van der Waals surface area (Å²) in [4.78, 5) is 1.38. The number of thioether (sulfide) groups is 1. The first-order valence-electron chi connectivity index (χ1n) is 6.25. The molecule has 1 aliphatic rings. The van der Waals surface area contributed by atoms with Gasteiger partial charge >= 0.3 is 0 Å². The molecule has 0 radical (unpaired) electrons. The molecule has 1 N–H and O–H groups in total. The Morgan fingerprint density at radius 1 is 1.41 bits per heavy atom. The van der Waals surface area contributed by atoms with Crippen LogP contribution in [-0.2, 0) is 0 Å². The van der Waals surface area contributed by atoms with Crippen molar-refractivity contribution in [2.45, 2.75) is 37.6 Å². The minimum absolute atomic E-state index is 0.776. The van der Waals surface area contributed by atoms with Crippen LogP contribution in [0, 0.1) is 13.8 Å². The van der Waals surface area contributed by atoms with Gasteiger partial charge in [0.2, 0.25) is 0 Å². The largest absolute Gasteiger partial charge is 0.310 e. The van der Waals surface area contributed by atoms with Gasteiger partial charge in [-0.15, -0.1) is 11.8 Å². The number of hydrogen-bond acceptors (Lipinski definition) is 2. The van der Waals surface area contributed by atoms with E-state index in [2.05, 4.69) is 43.9 Å². The average molecular weight is 247 g/mol. The fourth-order valence-corrected chi connectivity index (χ4v) is 2.68. The first-order valence-corrected chi connectivity index (χ1v) is 7.24. The smallest absolute Gasteiger partial charge is 0.0200 e. The van der Waals surface area contributed by atoms with Crippen molar-refractivity contribution in [3.63, 3.8) is 0 Å². The second-order valence-corrected chi connectivity index (χ2v) is 5.98. The first kappa shape index (κ1) is 12.7. The highest BCUT2D eigenvalue weighted by molar-refractivity contribution is 7.99. The zero-order chi connectivity index (χ0) is 12.3. The van der Waals surface area contributed by atoms with Crippen LogP contribution < -0.4 is 5.32 Å². The summed E-state index contributed by atoms with van der Waals surface area (Å²) in [5, 5.41) is 3.50. The lowest BCUT2D eigenvalue weighted by Gasteiger charge is -2.09. The maximum Gasteiger partial charge on any atom is 0.0200 e. The van der Waals surface area contributed by atoms with Gasteiger partial charge in [-0.3, -0.25) is 0 Å². The molecule has 1 aromatic rings. The lowest BCUT2D eigenvalue weighted by molar-refractivity contribution is 0.736. The van der Waals surface area contributed by atoms with E-state index < -0.39 is 0 Å². The Labute approximate surface area is 109 Å². The van der Waals surface area contributed by atoms with Crippen LogP contribution in [0.3, 0.4) is 0 Å². The van der Waals surface area contributed by atoms with Crippen molar-refractivity contribution in [3.05, 3.63) is 41.5 Å². The van der Waals surface area contributed by atoms with Gasteiger partial charge in [0.15, 0.2) is 0 Å². The molecule has 0 atom stereocenters. The van der Waals surface area contributed by atoms with Crippen LogP contribution in [0.25, 0.3) is 0 Å². The molecule has 1 nitrogen and oxygen atoms in total. The SMILES string of the molecule is C=C(CNC1CC1)CSc1ccc(C)cc1C. The Bertz CT molecular complexity index is 407. The Morgan fingerprint density at radius 2 is 2.18 bits per heavy atom. The van der Waals surface area contributed by atoms with E-state index in [4.69, 9.17) is 0 Å². The standard InChI is InChI=1S/C15H21NS/c1-11-4-7-15(13(3)8-11)17-10-12(2)9-16-14-5-6-14/h4,7-8,14,16H,2,5-6,9-10H2,1,3H3. The van der Waals surface area contributed by atoms with E-state index in [0.29, 0.717) is 0 Å². The first-order chi connectivity index (χ1) is 8.15. The van der Waals surface area contributed by atoms with Crippen LogP contribution in [0.4, 0.5) is 0 Å². The summed E-state index contributed by atoms with van der Waals surface area (Å²) in [6, 6.07) is 7.42. The van der Waals surface area contributed by atoms with E-state index in [0.717, 1.165) is 18.3 Å². The van der Waals surface area contributed by atoms with Crippen molar-refractivity contribution in [2.75, 3.05) is 12.3 Å². The highest BCUT2D eigenvalue weighted by Gasteiger charge is 2.19. The number of aryl methyl sites for hydroxylation is 2. The molecular formula is C15H21NS. The Kier molecular flexibility index (Phi) is 4.30. The Hall–Kier alpha value is -0.730. The minimum atomic E-state index is 0.776. The normalized spacial score (nSPS) is 14.9. The summed E-state index contributed by atoms with van der Waals surface area (Å²) >= 11 is 1.90. The predicted molar refractivity (Wildman–Crippen MR) is 76.8 cm³/mol. The summed E-state index contributed by atoms with van der Waals surface area (Å²) in [5.41, 5.74) is 4.00. The van der Waals surface area contributed by atoms with Crippen molar-refractivity contribution >= 4 is 11.8 Å². The number of benzene rings is 1. The number of rotatable bonds is 6. The highest BCUT2D eigenvalue weighted by atomic mass is 32.2. The fraction of sp³-hybridized carbons (Fsp3) is 0.467. The van der Waals surface area contributed by atoms with Crippen molar-refractivity contribution in [1.29, 1.82) is 0 Å². The molecule has 17 heavy (non-hydrogen) atoms. The zero-order valence-corrected chi connectivity index (χ0v) is 11.6. The second kappa shape index (κ2) is 5.74. The van der Waals surface area contributed by atoms with Crippen LogP contribution in [0.2, 0.25) is 0 Å².